The van der Waals surface area contributed by atoms with Crippen molar-refractivity contribution in [2.24, 2.45) is 11.7 Å². The molecule has 0 aliphatic heterocycles. The van der Waals surface area contributed by atoms with Crippen molar-refractivity contribution in [1.82, 2.24) is 0 Å². The van der Waals surface area contributed by atoms with E-state index < -0.39 is 0 Å². The smallest absolute Gasteiger partial charge is 0.0516 e. The molecule has 4 heteroatoms. The molecule has 0 aromatic carbocycles. The molecule has 0 aromatic rings. The maximum absolute atomic E-state index is 9.49. The summed E-state index contributed by atoms with van der Waals surface area (Å²) in [5.41, 5.74) is 5.81. The highest BCUT2D eigenvalue weighted by Gasteiger charge is 2.32. The van der Waals surface area contributed by atoms with E-state index >= 15 is 0 Å². The molecular weight excluding hydrogens is 257 g/mol. The topological polar surface area (TPSA) is 46.2 Å². The van der Waals surface area contributed by atoms with Gasteiger partial charge >= 0.3 is 0 Å². The molecule has 3 atom stereocenters. The van der Waals surface area contributed by atoms with Gasteiger partial charge in [0.05, 0.1) is 6.10 Å². The largest absolute Gasteiger partial charge is 0.393 e. The number of halogens is 2. The summed E-state index contributed by atoms with van der Waals surface area (Å²) in [4.78, 5) is 0. The van der Waals surface area contributed by atoms with Crippen LogP contribution in [0.3, 0.4) is 0 Å². The molecule has 2 nitrogen and oxygen atoms in total. The maximum Gasteiger partial charge on any atom is 0.0516 e. The first-order valence-corrected chi connectivity index (χ1v) is 6.83. The first-order valence-electron chi connectivity index (χ1n) is 6.40. The molecule has 106 valence electrons. The van der Waals surface area contributed by atoms with Gasteiger partial charge in [0.2, 0.25) is 0 Å². The van der Waals surface area contributed by atoms with E-state index in [1.165, 1.54) is 12.8 Å². The highest BCUT2D eigenvalue weighted by Crippen LogP contribution is 2.30. The highest BCUT2D eigenvalue weighted by atomic mass is 35.5. The molecule has 0 spiro atoms. The molecule has 0 aromatic heterocycles. The van der Waals surface area contributed by atoms with Crippen molar-refractivity contribution in [3.63, 3.8) is 0 Å². The predicted molar refractivity (Wildman–Crippen MR) is 79.1 cm³/mol. The molecule has 0 fully saturated rings. The molecule has 0 bridgehead atoms. The summed E-state index contributed by atoms with van der Waals surface area (Å²) >= 11 is 6.42. The van der Waals surface area contributed by atoms with E-state index in [-0.39, 0.29) is 35.3 Å². The zero-order valence-electron chi connectivity index (χ0n) is 11.6. The maximum atomic E-state index is 9.49. The van der Waals surface area contributed by atoms with E-state index in [9.17, 15) is 5.11 Å². The zero-order chi connectivity index (χ0) is 12.8. The fraction of sp³-hybridized carbons (Fsp3) is 1.00. The van der Waals surface area contributed by atoms with Gasteiger partial charge in [-0.2, -0.15) is 0 Å². The second kappa shape index (κ2) is 9.43. The van der Waals surface area contributed by atoms with E-state index in [1.807, 2.05) is 13.8 Å². The summed E-state index contributed by atoms with van der Waals surface area (Å²) < 4.78 is 0. The second-order valence-corrected chi connectivity index (χ2v) is 6.08. The average molecular weight is 286 g/mol. The van der Waals surface area contributed by atoms with Crippen LogP contribution in [0.1, 0.15) is 59.8 Å². The Bertz CT molecular complexity index is 181. The average Bonchev–Trinajstić information content (AvgIpc) is 2.12. The van der Waals surface area contributed by atoms with Gasteiger partial charge in [0.15, 0.2) is 0 Å². The minimum Gasteiger partial charge on any atom is -0.393 e. The standard InChI is InChI=1S/C13H28ClNO.ClH/c1-5-6-7-8-12(14)11(9-10(2)16)13(3,4)15;/h10-12,16H,5-9,15H2,1-4H3;1H. The van der Waals surface area contributed by atoms with Crippen molar-refractivity contribution >= 4 is 24.0 Å². The third kappa shape index (κ3) is 9.12. The molecule has 0 aliphatic carbocycles. The van der Waals surface area contributed by atoms with Crippen LogP contribution in [0.2, 0.25) is 0 Å². The molecule has 0 rings (SSSR count). The van der Waals surface area contributed by atoms with Crippen molar-refractivity contribution < 1.29 is 5.11 Å². The molecule has 0 radical (unpaired) electrons. The summed E-state index contributed by atoms with van der Waals surface area (Å²) in [5, 5.41) is 9.56. The quantitative estimate of drug-likeness (QED) is 0.527. The van der Waals surface area contributed by atoms with E-state index in [0.29, 0.717) is 6.42 Å². The third-order valence-electron chi connectivity index (χ3n) is 3.07. The molecule has 0 saturated carbocycles. The molecule has 0 amide bonds. The van der Waals surface area contributed by atoms with Crippen molar-refractivity contribution in [1.29, 1.82) is 0 Å². The van der Waals surface area contributed by atoms with Gasteiger partial charge in [0, 0.05) is 10.9 Å². The lowest BCUT2D eigenvalue weighted by molar-refractivity contribution is 0.132. The Morgan fingerprint density at radius 3 is 2.18 bits per heavy atom. The molecule has 0 heterocycles. The van der Waals surface area contributed by atoms with Crippen LogP contribution in [-0.4, -0.2) is 22.1 Å². The van der Waals surface area contributed by atoms with Gasteiger partial charge in [-0.15, -0.1) is 24.0 Å². The van der Waals surface area contributed by atoms with Crippen molar-refractivity contribution in [2.45, 2.75) is 76.8 Å². The van der Waals surface area contributed by atoms with Crippen LogP contribution in [0.25, 0.3) is 0 Å². The first-order chi connectivity index (χ1) is 7.29. The van der Waals surface area contributed by atoms with E-state index in [4.69, 9.17) is 17.3 Å². The number of nitrogens with two attached hydrogens (primary N) is 1. The predicted octanol–water partition coefficient (Wildman–Crippen LogP) is 3.72. The Kier molecular flexibility index (Phi) is 11.0. The molecule has 3 N–H and O–H groups in total. The lowest BCUT2D eigenvalue weighted by Crippen LogP contribution is -2.46. The Labute approximate surface area is 118 Å². The van der Waals surface area contributed by atoms with E-state index in [2.05, 4.69) is 6.92 Å². The molecule has 0 aliphatic rings. The van der Waals surface area contributed by atoms with Gasteiger partial charge in [0.25, 0.3) is 0 Å². The number of hydrogen-bond acceptors (Lipinski definition) is 2. The molecular formula is C13H29Cl2NO. The van der Waals surface area contributed by atoms with Gasteiger partial charge in [0.1, 0.15) is 0 Å². The van der Waals surface area contributed by atoms with Crippen LogP contribution in [0.5, 0.6) is 0 Å². The van der Waals surface area contributed by atoms with Crippen molar-refractivity contribution in [2.75, 3.05) is 0 Å². The summed E-state index contributed by atoms with van der Waals surface area (Å²) in [6, 6.07) is 0. The van der Waals surface area contributed by atoms with Gasteiger partial charge in [-0.05, 0) is 39.5 Å². The Morgan fingerprint density at radius 1 is 1.29 bits per heavy atom. The molecule has 17 heavy (non-hydrogen) atoms. The second-order valence-electron chi connectivity index (χ2n) is 5.52. The summed E-state index contributed by atoms with van der Waals surface area (Å²) in [6.45, 7) is 7.97. The van der Waals surface area contributed by atoms with Crippen LogP contribution in [0.15, 0.2) is 0 Å². The summed E-state index contributed by atoms with van der Waals surface area (Å²) in [5.74, 6) is 0.172. The number of hydrogen-bond donors (Lipinski definition) is 2. The fourth-order valence-electron chi connectivity index (χ4n) is 2.08. The lowest BCUT2D eigenvalue weighted by Gasteiger charge is -2.35. The van der Waals surface area contributed by atoms with Gasteiger partial charge in [-0.25, -0.2) is 0 Å². The lowest BCUT2D eigenvalue weighted by atomic mass is 9.80. The summed E-state index contributed by atoms with van der Waals surface area (Å²) in [6.07, 6.45) is 4.92. The Morgan fingerprint density at radius 2 is 1.82 bits per heavy atom. The monoisotopic (exact) mass is 285 g/mol. The van der Waals surface area contributed by atoms with Gasteiger partial charge in [-0.3, -0.25) is 0 Å². The number of rotatable bonds is 8. The number of alkyl halides is 1. The van der Waals surface area contributed by atoms with Crippen LogP contribution in [0, 0.1) is 5.92 Å². The highest BCUT2D eigenvalue weighted by molar-refractivity contribution is 6.20. The number of aliphatic hydroxyl groups is 1. The van der Waals surface area contributed by atoms with Gasteiger partial charge < -0.3 is 10.8 Å². The SMILES string of the molecule is CCCCCC(Cl)C(CC(C)O)C(C)(C)N.Cl. The van der Waals surface area contributed by atoms with Crippen LogP contribution < -0.4 is 5.73 Å². The Hall–Kier alpha value is 0.500. The van der Waals surface area contributed by atoms with Crippen LogP contribution >= 0.6 is 24.0 Å². The van der Waals surface area contributed by atoms with Crippen molar-refractivity contribution in [3.05, 3.63) is 0 Å². The minimum atomic E-state index is -0.333. The van der Waals surface area contributed by atoms with E-state index in [1.54, 1.807) is 6.92 Å². The normalized spacial score (nSPS) is 17.1. The molecule has 0 saturated heterocycles. The Balaban J connectivity index is 0. The number of unbranched alkanes of at least 4 members (excludes halogenated alkanes) is 2. The third-order valence-corrected chi connectivity index (χ3v) is 3.59. The van der Waals surface area contributed by atoms with E-state index in [0.717, 1.165) is 12.8 Å². The molecule has 3 unspecified atom stereocenters. The van der Waals surface area contributed by atoms with Crippen LogP contribution in [-0.2, 0) is 0 Å². The fourth-order valence-corrected chi connectivity index (χ4v) is 2.66. The van der Waals surface area contributed by atoms with Crippen LogP contribution in [0.4, 0.5) is 0 Å². The zero-order valence-corrected chi connectivity index (χ0v) is 13.2. The first kappa shape index (κ1) is 19.8. The summed E-state index contributed by atoms with van der Waals surface area (Å²) in [7, 11) is 0. The minimum absolute atomic E-state index is 0. The van der Waals surface area contributed by atoms with Crippen molar-refractivity contribution in [3.8, 4) is 0 Å². The van der Waals surface area contributed by atoms with Gasteiger partial charge in [-0.1, -0.05) is 26.2 Å². The number of aliphatic hydroxyl groups excluding tert-OH is 1.